The third kappa shape index (κ3) is 2.61. The molecule has 0 unspecified atom stereocenters. The van der Waals surface area contributed by atoms with Crippen molar-refractivity contribution >= 4 is 11.0 Å². The average molecular weight is 266 g/mol. The molecule has 0 N–H and O–H groups in total. The Morgan fingerprint density at radius 1 is 0.900 bits per heavy atom. The van der Waals surface area contributed by atoms with Gasteiger partial charge in [0.05, 0.1) is 6.61 Å². The fraction of sp³-hybridized carbons (Fsp3) is 0.222. The van der Waals surface area contributed by atoms with E-state index in [4.69, 9.17) is 9.15 Å². The summed E-state index contributed by atoms with van der Waals surface area (Å²) >= 11 is 0. The van der Waals surface area contributed by atoms with Crippen LogP contribution in [0.1, 0.15) is 16.9 Å². The van der Waals surface area contributed by atoms with Crippen LogP contribution in [0.5, 0.6) is 0 Å². The van der Waals surface area contributed by atoms with Crippen LogP contribution in [-0.4, -0.2) is 7.11 Å². The molecule has 0 atom stereocenters. The number of benzene rings is 2. The molecule has 0 fully saturated rings. The molecule has 0 aliphatic heterocycles. The van der Waals surface area contributed by atoms with E-state index in [0.717, 1.165) is 29.6 Å². The molecule has 0 aliphatic carbocycles. The minimum Gasteiger partial charge on any atom is -0.461 e. The second-order valence-electron chi connectivity index (χ2n) is 4.92. The van der Waals surface area contributed by atoms with Crippen LogP contribution in [0.25, 0.3) is 11.0 Å². The molecule has 0 saturated heterocycles. The van der Waals surface area contributed by atoms with Gasteiger partial charge in [-0.25, -0.2) is 0 Å². The summed E-state index contributed by atoms with van der Waals surface area (Å²) in [5.41, 5.74) is 3.46. The molecule has 1 aromatic heterocycles. The molecule has 20 heavy (non-hydrogen) atoms. The molecule has 0 amide bonds. The van der Waals surface area contributed by atoms with E-state index in [9.17, 15) is 0 Å². The molecule has 2 aromatic carbocycles. The summed E-state index contributed by atoms with van der Waals surface area (Å²) in [7, 11) is 1.72. The van der Waals surface area contributed by atoms with Gasteiger partial charge >= 0.3 is 0 Å². The predicted molar refractivity (Wildman–Crippen MR) is 80.8 cm³/mol. The van der Waals surface area contributed by atoms with E-state index in [0.29, 0.717) is 6.61 Å². The van der Waals surface area contributed by atoms with Gasteiger partial charge in [0, 0.05) is 24.5 Å². The highest BCUT2D eigenvalue weighted by atomic mass is 16.5. The number of rotatable bonds is 5. The first-order chi connectivity index (χ1) is 9.88. The maximum atomic E-state index is 5.99. The maximum absolute atomic E-state index is 5.99. The van der Waals surface area contributed by atoms with E-state index in [1.807, 2.05) is 24.3 Å². The molecule has 3 rings (SSSR count). The summed E-state index contributed by atoms with van der Waals surface area (Å²) in [5, 5.41) is 1.16. The van der Waals surface area contributed by atoms with Crippen LogP contribution in [0.15, 0.2) is 59.0 Å². The van der Waals surface area contributed by atoms with Crippen molar-refractivity contribution in [1.82, 2.24) is 0 Å². The zero-order valence-electron chi connectivity index (χ0n) is 11.6. The van der Waals surface area contributed by atoms with Gasteiger partial charge < -0.3 is 9.15 Å². The maximum Gasteiger partial charge on any atom is 0.134 e. The Bertz CT molecular complexity index is 683. The number of hydrogen-bond donors (Lipinski definition) is 0. The van der Waals surface area contributed by atoms with Crippen LogP contribution < -0.4 is 0 Å². The molecular formula is C18H18O2. The summed E-state index contributed by atoms with van der Waals surface area (Å²) in [6.07, 6.45) is 1.88. The molecule has 0 saturated carbocycles. The number of ether oxygens (including phenoxy) is 1. The molecule has 1 heterocycles. The summed E-state index contributed by atoms with van der Waals surface area (Å²) in [4.78, 5) is 0. The largest absolute Gasteiger partial charge is 0.461 e. The molecule has 0 spiro atoms. The van der Waals surface area contributed by atoms with Crippen LogP contribution in [0.3, 0.4) is 0 Å². The van der Waals surface area contributed by atoms with Crippen molar-refractivity contribution in [2.75, 3.05) is 7.11 Å². The highest BCUT2D eigenvalue weighted by Crippen LogP contribution is 2.27. The van der Waals surface area contributed by atoms with Crippen LogP contribution in [0.2, 0.25) is 0 Å². The van der Waals surface area contributed by atoms with Crippen LogP contribution in [0, 0.1) is 0 Å². The molecule has 0 aliphatic rings. The Labute approximate surface area is 119 Å². The Kier molecular flexibility index (Phi) is 3.84. The topological polar surface area (TPSA) is 22.4 Å². The lowest BCUT2D eigenvalue weighted by Gasteiger charge is -2.03. The van der Waals surface area contributed by atoms with Crippen LogP contribution in [0.4, 0.5) is 0 Å². The van der Waals surface area contributed by atoms with Gasteiger partial charge in [-0.05, 0) is 18.1 Å². The highest BCUT2D eigenvalue weighted by Gasteiger charge is 2.13. The van der Waals surface area contributed by atoms with Crippen molar-refractivity contribution in [3.05, 3.63) is 71.5 Å². The smallest absolute Gasteiger partial charge is 0.134 e. The van der Waals surface area contributed by atoms with E-state index in [1.54, 1.807) is 7.11 Å². The minimum absolute atomic E-state index is 0.598. The third-order valence-corrected chi connectivity index (χ3v) is 3.55. The van der Waals surface area contributed by atoms with Gasteiger partial charge in [-0.15, -0.1) is 0 Å². The van der Waals surface area contributed by atoms with Gasteiger partial charge in [-0.2, -0.15) is 0 Å². The molecule has 2 heteroatoms. The number of aryl methyl sites for hydroxylation is 2. The zero-order valence-corrected chi connectivity index (χ0v) is 11.6. The first-order valence-corrected chi connectivity index (χ1v) is 6.90. The van der Waals surface area contributed by atoms with Crippen molar-refractivity contribution in [2.45, 2.75) is 19.4 Å². The van der Waals surface area contributed by atoms with Crippen molar-refractivity contribution in [3.63, 3.8) is 0 Å². The molecular weight excluding hydrogens is 248 g/mol. The number of fused-ring (bicyclic) bond motifs is 1. The fourth-order valence-electron chi connectivity index (χ4n) is 2.56. The Morgan fingerprint density at radius 2 is 1.65 bits per heavy atom. The van der Waals surface area contributed by atoms with Gasteiger partial charge in [0.25, 0.3) is 0 Å². The Hall–Kier alpha value is -2.06. The van der Waals surface area contributed by atoms with Gasteiger partial charge in [-0.1, -0.05) is 48.5 Å². The third-order valence-electron chi connectivity index (χ3n) is 3.55. The summed E-state index contributed by atoms with van der Waals surface area (Å²) in [5.74, 6) is 1.04. The SMILES string of the molecule is COCc1c(CCc2ccccc2)oc2ccccc12. The van der Waals surface area contributed by atoms with Crippen LogP contribution >= 0.6 is 0 Å². The number of methoxy groups -OCH3 is 1. The quantitative estimate of drug-likeness (QED) is 0.684. The first kappa shape index (κ1) is 12.9. The lowest BCUT2D eigenvalue weighted by molar-refractivity contribution is 0.184. The van der Waals surface area contributed by atoms with Crippen molar-refractivity contribution in [1.29, 1.82) is 0 Å². The zero-order chi connectivity index (χ0) is 13.8. The molecule has 0 bridgehead atoms. The van der Waals surface area contributed by atoms with E-state index >= 15 is 0 Å². The lowest BCUT2D eigenvalue weighted by atomic mass is 10.1. The van der Waals surface area contributed by atoms with Gasteiger partial charge in [0.2, 0.25) is 0 Å². The van der Waals surface area contributed by atoms with Crippen LogP contribution in [-0.2, 0) is 24.2 Å². The standard InChI is InChI=1S/C18H18O2/c1-19-13-16-15-9-5-6-10-17(15)20-18(16)12-11-14-7-3-2-4-8-14/h2-10H,11-13H2,1H3. The average Bonchev–Trinajstić information content (AvgIpc) is 2.85. The Morgan fingerprint density at radius 3 is 2.45 bits per heavy atom. The second kappa shape index (κ2) is 5.93. The van der Waals surface area contributed by atoms with Gasteiger partial charge in [-0.3, -0.25) is 0 Å². The van der Waals surface area contributed by atoms with Gasteiger partial charge in [0.1, 0.15) is 11.3 Å². The van der Waals surface area contributed by atoms with Crippen molar-refractivity contribution < 1.29 is 9.15 Å². The second-order valence-corrected chi connectivity index (χ2v) is 4.92. The summed E-state index contributed by atoms with van der Waals surface area (Å²) in [6, 6.07) is 18.6. The van der Waals surface area contributed by atoms with E-state index in [2.05, 4.69) is 30.3 Å². The van der Waals surface area contributed by atoms with Crippen molar-refractivity contribution in [2.24, 2.45) is 0 Å². The normalized spacial score (nSPS) is 11.1. The summed E-state index contributed by atoms with van der Waals surface area (Å²) < 4.78 is 11.3. The molecule has 102 valence electrons. The predicted octanol–water partition coefficient (Wildman–Crippen LogP) is 4.36. The highest BCUT2D eigenvalue weighted by molar-refractivity contribution is 5.82. The lowest BCUT2D eigenvalue weighted by Crippen LogP contribution is -1.95. The summed E-state index contributed by atoms with van der Waals surface area (Å²) in [6.45, 7) is 0.598. The minimum atomic E-state index is 0.598. The number of hydrogen-bond acceptors (Lipinski definition) is 2. The van der Waals surface area contributed by atoms with E-state index in [1.165, 1.54) is 11.1 Å². The molecule has 2 nitrogen and oxygen atoms in total. The number of para-hydroxylation sites is 1. The number of furan rings is 1. The van der Waals surface area contributed by atoms with Gasteiger partial charge in [0.15, 0.2) is 0 Å². The van der Waals surface area contributed by atoms with E-state index < -0.39 is 0 Å². The fourth-order valence-corrected chi connectivity index (χ4v) is 2.56. The molecule has 0 radical (unpaired) electrons. The van der Waals surface area contributed by atoms with Crippen molar-refractivity contribution in [3.8, 4) is 0 Å². The monoisotopic (exact) mass is 266 g/mol. The first-order valence-electron chi connectivity index (χ1n) is 6.90. The van der Waals surface area contributed by atoms with E-state index in [-0.39, 0.29) is 0 Å². The molecule has 3 aromatic rings. The Balaban J connectivity index is 1.88.